The van der Waals surface area contributed by atoms with Gasteiger partial charge in [-0.05, 0) is 36.9 Å². The van der Waals surface area contributed by atoms with Crippen molar-refractivity contribution in [3.63, 3.8) is 0 Å². The second kappa shape index (κ2) is 4.69. The molecule has 0 atom stereocenters. The van der Waals surface area contributed by atoms with Gasteiger partial charge in [-0.3, -0.25) is 0 Å². The SMILES string of the molecule is Cc1nnc(Sc2ccc(N)c(C(=O)O)c2)n1C. The molecule has 1 aromatic heterocycles. The maximum Gasteiger partial charge on any atom is 0.337 e. The molecule has 6 nitrogen and oxygen atoms in total. The second-order valence-electron chi connectivity index (χ2n) is 3.75. The van der Waals surface area contributed by atoms with Crippen LogP contribution >= 0.6 is 11.8 Å². The van der Waals surface area contributed by atoms with Crippen molar-refractivity contribution >= 4 is 23.4 Å². The number of rotatable bonds is 3. The third-order valence-corrected chi connectivity index (χ3v) is 3.54. The summed E-state index contributed by atoms with van der Waals surface area (Å²) in [6.07, 6.45) is 0. The van der Waals surface area contributed by atoms with E-state index in [0.717, 1.165) is 10.7 Å². The first kappa shape index (κ1) is 12.4. The summed E-state index contributed by atoms with van der Waals surface area (Å²) in [6, 6.07) is 4.87. The fourth-order valence-electron chi connectivity index (χ4n) is 1.37. The van der Waals surface area contributed by atoms with Gasteiger partial charge in [0.15, 0.2) is 5.16 Å². The Labute approximate surface area is 108 Å². The lowest BCUT2D eigenvalue weighted by Crippen LogP contribution is -2.02. The normalized spacial score (nSPS) is 10.6. The number of aromatic nitrogens is 3. The molecule has 0 unspecified atom stereocenters. The number of carbonyl (C=O) groups is 1. The topological polar surface area (TPSA) is 94.0 Å². The summed E-state index contributed by atoms with van der Waals surface area (Å²) in [5, 5.41) is 17.6. The molecule has 18 heavy (non-hydrogen) atoms. The quantitative estimate of drug-likeness (QED) is 0.817. The van der Waals surface area contributed by atoms with Crippen LogP contribution in [0.25, 0.3) is 0 Å². The van der Waals surface area contributed by atoms with Gasteiger partial charge in [-0.1, -0.05) is 0 Å². The van der Waals surface area contributed by atoms with E-state index in [4.69, 9.17) is 10.8 Å². The van der Waals surface area contributed by atoms with Crippen LogP contribution in [0.5, 0.6) is 0 Å². The number of anilines is 1. The predicted molar refractivity (Wildman–Crippen MR) is 67.7 cm³/mol. The molecule has 0 bridgehead atoms. The first-order chi connectivity index (χ1) is 8.49. The molecule has 0 fully saturated rings. The van der Waals surface area contributed by atoms with Gasteiger partial charge in [-0.2, -0.15) is 0 Å². The molecule has 0 saturated heterocycles. The zero-order valence-electron chi connectivity index (χ0n) is 9.91. The molecule has 0 radical (unpaired) electrons. The van der Waals surface area contributed by atoms with Crippen LogP contribution in [0.15, 0.2) is 28.3 Å². The summed E-state index contributed by atoms with van der Waals surface area (Å²) in [5.74, 6) is -0.240. The number of nitrogens with zero attached hydrogens (tertiary/aromatic N) is 3. The van der Waals surface area contributed by atoms with E-state index in [1.165, 1.54) is 17.8 Å². The van der Waals surface area contributed by atoms with Crippen LogP contribution < -0.4 is 5.73 Å². The highest BCUT2D eigenvalue weighted by atomic mass is 32.2. The third kappa shape index (κ3) is 2.30. The highest BCUT2D eigenvalue weighted by molar-refractivity contribution is 7.99. The number of hydrogen-bond donors (Lipinski definition) is 2. The monoisotopic (exact) mass is 264 g/mol. The van der Waals surface area contributed by atoms with Gasteiger partial charge in [-0.25, -0.2) is 4.79 Å². The Morgan fingerprint density at radius 2 is 2.17 bits per heavy atom. The van der Waals surface area contributed by atoms with E-state index < -0.39 is 5.97 Å². The van der Waals surface area contributed by atoms with Crippen molar-refractivity contribution in [2.75, 3.05) is 5.73 Å². The van der Waals surface area contributed by atoms with Crippen LogP contribution in [0.2, 0.25) is 0 Å². The van der Waals surface area contributed by atoms with Gasteiger partial charge in [-0.15, -0.1) is 10.2 Å². The average molecular weight is 264 g/mol. The second-order valence-corrected chi connectivity index (χ2v) is 4.79. The standard InChI is InChI=1S/C11H12N4O2S/c1-6-13-14-11(15(6)2)18-7-3-4-9(12)8(5-7)10(16)17/h3-5H,12H2,1-2H3,(H,16,17). The summed E-state index contributed by atoms with van der Waals surface area (Å²) in [7, 11) is 1.85. The number of aromatic carboxylic acids is 1. The van der Waals surface area contributed by atoms with Crippen molar-refractivity contribution in [1.82, 2.24) is 14.8 Å². The molecule has 0 aliphatic rings. The van der Waals surface area contributed by atoms with Crippen LogP contribution in [0, 0.1) is 6.92 Å². The Kier molecular flexibility index (Phi) is 3.24. The Hall–Kier alpha value is -2.02. The smallest absolute Gasteiger partial charge is 0.337 e. The predicted octanol–water partition coefficient (Wildman–Crippen LogP) is 1.56. The van der Waals surface area contributed by atoms with Crippen LogP contribution in [0.3, 0.4) is 0 Å². The average Bonchev–Trinajstić information content (AvgIpc) is 2.63. The summed E-state index contributed by atoms with van der Waals surface area (Å²) in [5.41, 5.74) is 5.94. The fourth-order valence-corrected chi connectivity index (χ4v) is 2.24. The molecule has 1 heterocycles. The Balaban J connectivity index is 2.33. The molecule has 0 amide bonds. The van der Waals surface area contributed by atoms with E-state index >= 15 is 0 Å². The van der Waals surface area contributed by atoms with Crippen molar-refractivity contribution in [3.8, 4) is 0 Å². The Morgan fingerprint density at radius 3 is 2.72 bits per heavy atom. The van der Waals surface area contributed by atoms with Crippen LogP contribution in [0.4, 0.5) is 5.69 Å². The maximum absolute atomic E-state index is 11.0. The van der Waals surface area contributed by atoms with Crippen molar-refractivity contribution < 1.29 is 9.90 Å². The number of hydrogen-bond acceptors (Lipinski definition) is 5. The molecule has 2 rings (SSSR count). The molecule has 0 aliphatic heterocycles. The van der Waals surface area contributed by atoms with Crippen molar-refractivity contribution in [1.29, 1.82) is 0 Å². The number of carboxylic acids is 1. The number of benzene rings is 1. The molecule has 94 valence electrons. The fraction of sp³-hybridized carbons (Fsp3) is 0.182. The first-order valence-corrected chi connectivity index (χ1v) is 5.97. The molecular weight excluding hydrogens is 252 g/mol. The summed E-state index contributed by atoms with van der Waals surface area (Å²) in [6.45, 7) is 1.85. The number of nitrogen functional groups attached to an aromatic ring is 1. The molecule has 0 spiro atoms. The molecule has 3 N–H and O–H groups in total. The Morgan fingerprint density at radius 1 is 1.44 bits per heavy atom. The van der Waals surface area contributed by atoms with E-state index in [1.807, 2.05) is 18.5 Å². The molecule has 0 aliphatic carbocycles. The van der Waals surface area contributed by atoms with Crippen molar-refractivity contribution in [3.05, 3.63) is 29.6 Å². The molecule has 7 heteroatoms. The van der Waals surface area contributed by atoms with Gasteiger partial charge in [0, 0.05) is 17.6 Å². The summed E-state index contributed by atoms with van der Waals surface area (Å²) in [4.78, 5) is 11.7. The minimum Gasteiger partial charge on any atom is -0.478 e. The number of nitrogens with two attached hydrogens (primary N) is 1. The minimum atomic E-state index is -1.04. The van der Waals surface area contributed by atoms with Crippen LogP contribution in [-0.4, -0.2) is 25.8 Å². The van der Waals surface area contributed by atoms with Gasteiger partial charge >= 0.3 is 5.97 Å². The lowest BCUT2D eigenvalue weighted by molar-refractivity contribution is 0.0698. The van der Waals surface area contributed by atoms with Gasteiger partial charge in [0.2, 0.25) is 0 Å². The maximum atomic E-state index is 11.0. The van der Waals surface area contributed by atoms with Gasteiger partial charge in [0.1, 0.15) is 5.82 Å². The lowest BCUT2D eigenvalue weighted by atomic mass is 10.2. The number of carboxylic acid groups (broad SMARTS) is 1. The summed E-state index contributed by atoms with van der Waals surface area (Å²) < 4.78 is 1.83. The van der Waals surface area contributed by atoms with E-state index in [1.54, 1.807) is 12.1 Å². The van der Waals surface area contributed by atoms with Crippen molar-refractivity contribution in [2.45, 2.75) is 17.0 Å². The molecular formula is C11H12N4O2S. The van der Waals surface area contributed by atoms with E-state index in [2.05, 4.69) is 10.2 Å². The van der Waals surface area contributed by atoms with E-state index in [0.29, 0.717) is 5.16 Å². The van der Waals surface area contributed by atoms with Gasteiger partial charge in [0.05, 0.1) is 5.56 Å². The summed E-state index contributed by atoms with van der Waals surface area (Å²) >= 11 is 1.35. The van der Waals surface area contributed by atoms with Crippen molar-refractivity contribution in [2.24, 2.45) is 7.05 Å². The lowest BCUT2D eigenvalue weighted by Gasteiger charge is -2.05. The van der Waals surface area contributed by atoms with E-state index in [9.17, 15) is 4.79 Å². The molecule has 2 aromatic rings. The zero-order valence-corrected chi connectivity index (χ0v) is 10.7. The highest BCUT2D eigenvalue weighted by Gasteiger charge is 2.11. The minimum absolute atomic E-state index is 0.0962. The third-order valence-electron chi connectivity index (χ3n) is 2.52. The number of aryl methyl sites for hydroxylation is 1. The molecule has 0 saturated carbocycles. The van der Waals surface area contributed by atoms with Crippen LogP contribution in [0.1, 0.15) is 16.2 Å². The molecule has 1 aromatic carbocycles. The van der Waals surface area contributed by atoms with Gasteiger partial charge < -0.3 is 15.4 Å². The largest absolute Gasteiger partial charge is 0.478 e. The highest BCUT2D eigenvalue weighted by Crippen LogP contribution is 2.28. The Bertz CT molecular complexity index is 609. The van der Waals surface area contributed by atoms with Crippen LogP contribution in [-0.2, 0) is 7.05 Å². The van der Waals surface area contributed by atoms with Gasteiger partial charge in [0.25, 0.3) is 0 Å². The first-order valence-electron chi connectivity index (χ1n) is 5.15. The van der Waals surface area contributed by atoms with E-state index in [-0.39, 0.29) is 11.3 Å². The zero-order chi connectivity index (χ0) is 13.3.